The highest BCUT2D eigenvalue weighted by molar-refractivity contribution is 9.10. The van der Waals surface area contributed by atoms with Gasteiger partial charge in [-0.05, 0) is 46.6 Å². The highest BCUT2D eigenvalue weighted by Crippen LogP contribution is 2.25. The molecule has 0 radical (unpaired) electrons. The molecule has 0 heterocycles. The summed E-state index contributed by atoms with van der Waals surface area (Å²) in [5.41, 5.74) is 3.26. The zero-order chi connectivity index (χ0) is 14.4. The van der Waals surface area contributed by atoms with Crippen molar-refractivity contribution < 1.29 is 4.74 Å². The fourth-order valence-electron chi connectivity index (χ4n) is 1.85. The Kier molecular flexibility index (Phi) is 5.03. The molecular formula is C16H15BrN2O. The van der Waals surface area contributed by atoms with Gasteiger partial charge in [0.1, 0.15) is 11.8 Å². The first-order valence-corrected chi connectivity index (χ1v) is 7.07. The fourth-order valence-corrected chi connectivity index (χ4v) is 2.49. The largest absolute Gasteiger partial charge is 0.478 e. The minimum atomic E-state index is 0.0608. The number of aryl methyl sites for hydroxylation is 1. The molecular weight excluding hydrogens is 316 g/mol. The summed E-state index contributed by atoms with van der Waals surface area (Å²) in [5.74, 6) is 0.741. The Morgan fingerprint density at radius 1 is 1.25 bits per heavy atom. The van der Waals surface area contributed by atoms with Crippen molar-refractivity contribution in [2.75, 3.05) is 11.9 Å². The average molecular weight is 331 g/mol. The van der Waals surface area contributed by atoms with Gasteiger partial charge in [-0.25, -0.2) is 0 Å². The molecule has 0 aliphatic carbocycles. The van der Waals surface area contributed by atoms with E-state index in [1.807, 2.05) is 36.4 Å². The van der Waals surface area contributed by atoms with Gasteiger partial charge >= 0.3 is 0 Å². The molecule has 1 N–H and O–H groups in total. The molecule has 0 aromatic heterocycles. The quantitative estimate of drug-likeness (QED) is 0.890. The van der Waals surface area contributed by atoms with E-state index in [2.05, 4.69) is 40.3 Å². The maximum absolute atomic E-state index is 8.59. The van der Waals surface area contributed by atoms with Crippen LogP contribution < -0.4 is 10.1 Å². The molecule has 0 atom stereocenters. The number of nitriles is 1. The molecule has 0 aliphatic heterocycles. The summed E-state index contributed by atoms with van der Waals surface area (Å²) in [6.45, 7) is 2.76. The molecule has 0 fully saturated rings. The first-order chi connectivity index (χ1) is 9.70. The van der Waals surface area contributed by atoms with Crippen LogP contribution in [0.15, 0.2) is 46.9 Å². The first kappa shape index (κ1) is 14.4. The van der Waals surface area contributed by atoms with E-state index in [4.69, 9.17) is 10.00 Å². The maximum Gasteiger partial charge on any atom is 0.174 e. The Morgan fingerprint density at radius 2 is 2.05 bits per heavy atom. The second kappa shape index (κ2) is 6.97. The van der Waals surface area contributed by atoms with Gasteiger partial charge in [0.05, 0.1) is 0 Å². The molecule has 4 heteroatoms. The van der Waals surface area contributed by atoms with Gasteiger partial charge in [0.2, 0.25) is 0 Å². The van der Waals surface area contributed by atoms with Crippen molar-refractivity contribution in [2.24, 2.45) is 0 Å². The Labute approximate surface area is 127 Å². The highest BCUT2D eigenvalue weighted by atomic mass is 79.9. The fraction of sp³-hybridized carbons (Fsp3) is 0.188. The van der Waals surface area contributed by atoms with Gasteiger partial charge in [-0.15, -0.1) is 0 Å². The van der Waals surface area contributed by atoms with Crippen molar-refractivity contribution >= 4 is 21.6 Å². The molecule has 2 aromatic carbocycles. The minimum absolute atomic E-state index is 0.0608. The minimum Gasteiger partial charge on any atom is -0.478 e. The van der Waals surface area contributed by atoms with Crippen LogP contribution in [0.4, 0.5) is 5.69 Å². The van der Waals surface area contributed by atoms with Gasteiger partial charge in [-0.1, -0.05) is 24.3 Å². The van der Waals surface area contributed by atoms with Crippen LogP contribution in [0.2, 0.25) is 0 Å². The molecule has 0 bridgehead atoms. The van der Waals surface area contributed by atoms with Crippen LogP contribution >= 0.6 is 15.9 Å². The van der Waals surface area contributed by atoms with Crippen molar-refractivity contribution in [3.63, 3.8) is 0 Å². The zero-order valence-corrected chi connectivity index (χ0v) is 12.8. The molecule has 0 spiro atoms. The molecule has 0 saturated carbocycles. The van der Waals surface area contributed by atoms with Crippen molar-refractivity contribution in [1.82, 2.24) is 0 Å². The number of hydrogen-bond donors (Lipinski definition) is 1. The van der Waals surface area contributed by atoms with E-state index < -0.39 is 0 Å². The van der Waals surface area contributed by atoms with Gasteiger partial charge in [-0.2, -0.15) is 5.26 Å². The second-order valence-electron chi connectivity index (χ2n) is 4.39. The third-order valence-corrected chi connectivity index (χ3v) is 3.51. The van der Waals surface area contributed by atoms with Gasteiger partial charge < -0.3 is 10.1 Å². The van der Waals surface area contributed by atoms with Crippen LogP contribution in [0, 0.1) is 18.3 Å². The van der Waals surface area contributed by atoms with Crippen LogP contribution in [0.5, 0.6) is 5.75 Å². The SMILES string of the molecule is Cc1ccc(NCc2ccccc2OCC#N)c(Br)c1. The van der Waals surface area contributed by atoms with Crippen molar-refractivity contribution in [1.29, 1.82) is 5.26 Å². The number of para-hydroxylation sites is 1. The number of ether oxygens (including phenoxy) is 1. The number of rotatable bonds is 5. The topological polar surface area (TPSA) is 45.0 Å². The molecule has 0 aliphatic rings. The smallest absolute Gasteiger partial charge is 0.174 e. The lowest BCUT2D eigenvalue weighted by atomic mass is 10.2. The summed E-state index contributed by atoms with van der Waals surface area (Å²) in [6.07, 6.45) is 0. The van der Waals surface area contributed by atoms with Gasteiger partial charge in [0.15, 0.2) is 6.61 Å². The maximum atomic E-state index is 8.59. The number of nitrogens with one attached hydrogen (secondary N) is 1. The molecule has 2 aromatic rings. The third-order valence-electron chi connectivity index (χ3n) is 2.86. The first-order valence-electron chi connectivity index (χ1n) is 6.28. The zero-order valence-electron chi connectivity index (χ0n) is 11.2. The van der Waals surface area contributed by atoms with E-state index in [9.17, 15) is 0 Å². The Balaban J connectivity index is 2.09. The van der Waals surface area contributed by atoms with Crippen LogP contribution in [0.25, 0.3) is 0 Å². The van der Waals surface area contributed by atoms with Crippen molar-refractivity contribution in [3.05, 3.63) is 58.1 Å². The molecule has 0 amide bonds. The Morgan fingerprint density at radius 3 is 2.80 bits per heavy atom. The predicted molar refractivity (Wildman–Crippen MR) is 83.8 cm³/mol. The van der Waals surface area contributed by atoms with Gasteiger partial charge in [0, 0.05) is 22.3 Å². The number of benzene rings is 2. The van der Waals surface area contributed by atoms with E-state index in [0.29, 0.717) is 6.54 Å². The number of hydrogen-bond acceptors (Lipinski definition) is 3. The van der Waals surface area contributed by atoms with E-state index in [1.54, 1.807) is 0 Å². The number of halogens is 1. The number of anilines is 1. The summed E-state index contributed by atoms with van der Waals surface area (Å²) in [7, 11) is 0. The van der Waals surface area contributed by atoms with Crippen LogP contribution in [-0.4, -0.2) is 6.61 Å². The standard InChI is InChI=1S/C16H15BrN2O/c1-12-6-7-15(14(17)10-12)19-11-13-4-2-3-5-16(13)20-9-8-18/h2-7,10,19H,9,11H2,1H3. The van der Waals surface area contributed by atoms with E-state index in [-0.39, 0.29) is 6.61 Å². The number of nitrogens with zero attached hydrogens (tertiary/aromatic N) is 1. The summed E-state index contributed by atoms with van der Waals surface area (Å²) in [6, 6.07) is 15.9. The van der Waals surface area contributed by atoms with Crippen LogP contribution in [0.1, 0.15) is 11.1 Å². The summed E-state index contributed by atoms with van der Waals surface area (Å²) >= 11 is 3.54. The van der Waals surface area contributed by atoms with E-state index >= 15 is 0 Å². The van der Waals surface area contributed by atoms with Gasteiger partial charge in [0.25, 0.3) is 0 Å². The van der Waals surface area contributed by atoms with Gasteiger partial charge in [-0.3, -0.25) is 0 Å². The highest BCUT2D eigenvalue weighted by Gasteiger charge is 2.04. The van der Waals surface area contributed by atoms with E-state index in [0.717, 1.165) is 21.5 Å². The summed E-state index contributed by atoms with van der Waals surface area (Å²) in [4.78, 5) is 0. The molecule has 0 unspecified atom stereocenters. The molecule has 102 valence electrons. The Bertz CT molecular complexity index is 635. The van der Waals surface area contributed by atoms with Crippen molar-refractivity contribution in [2.45, 2.75) is 13.5 Å². The normalized spacial score (nSPS) is 9.85. The lowest BCUT2D eigenvalue weighted by Gasteiger charge is -2.12. The Hall–Kier alpha value is -1.99. The lowest BCUT2D eigenvalue weighted by Crippen LogP contribution is -2.04. The monoisotopic (exact) mass is 330 g/mol. The van der Waals surface area contributed by atoms with Crippen molar-refractivity contribution in [3.8, 4) is 11.8 Å². The predicted octanol–water partition coefficient (Wildman–Crippen LogP) is 4.27. The van der Waals surface area contributed by atoms with E-state index in [1.165, 1.54) is 5.56 Å². The third kappa shape index (κ3) is 3.75. The summed E-state index contributed by atoms with van der Waals surface area (Å²) in [5, 5.41) is 12.0. The molecule has 3 nitrogen and oxygen atoms in total. The van der Waals surface area contributed by atoms with Crippen LogP contribution in [0.3, 0.4) is 0 Å². The van der Waals surface area contributed by atoms with Crippen LogP contribution in [-0.2, 0) is 6.54 Å². The second-order valence-corrected chi connectivity index (χ2v) is 5.25. The molecule has 2 rings (SSSR count). The summed E-state index contributed by atoms with van der Waals surface area (Å²) < 4.78 is 6.45. The molecule has 20 heavy (non-hydrogen) atoms. The average Bonchev–Trinajstić information content (AvgIpc) is 2.45. The molecule has 0 saturated heterocycles. The lowest BCUT2D eigenvalue weighted by molar-refractivity contribution is 0.364.